The molecule has 5 nitrogen and oxygen atoms in total. The predicted octanol–water partition coefficient (Wildman–Crippen LogP) is 1.50. The molecule has 0 unspecified atom stereocenters. The summed E-state index contributed by atoms with van der Waals surface area (Å²) in [6.45, 7) is 8.95. The van der Waals surface area contributed by atoms with Gasteiger partial charge in [-0.15, -0.1) is 0 Å². The molecule has 0 saturated heterocycles. The monoisotopic (exact) mass is 264 g/mol. The summed E-state index contributed by atoms with van der Waals surface area (Å²) < 4.78 is 11.3. The van der Waals surface area contributed by atoms with E-state index in [1.54, 1.807) is 13.1 Å². The fraction of sp³-hybridized carbons (Fsp3) is 0.500. The third kappa shape index (κ3) is 3.24. The Hall–Kier alpha value is -1.59. The molecule has 2 aliphatic heterocycles. The zero-order chi connectivity index (χ0) is 13.8. The second-order valence-electron chi connectivity index (χ2n) is 4.65. The molecule has 5 heteroatoms. The summed E-state index contributed by atoms with van der Waals surface area (Å²) in [5, 5.41) is 2.70. The van der Waals surface area contributed by atoms with E-state index in [1.165, 1.54) is 0 Å². The maximum Gasteiger partial charge on any atom is 0.253 e. The third-order valence-electron chi connectivity index (χ3n) is 2.97. The lowest BCUT2D eigenvalue weighted by atomic mass is 10.2. The number of amides is 1. The van der Waals surface area contributed by atoms with Crippen molar-refractivity contribution in [3.05, 3.63) is 36.3 Å². The first-order valence-electron chi connectivity index (χ1n) is 6.50. The Bertz CT molecular complexity index is 428. The molecule has 2 rings (SSSR count). The van der Waals surface area contributed by atoms with E-state index >= 15 is 0 Å². The lowest BCUT2D eigenvalue weighted by molar-refractivity contribution is -0.118. The van der Waals surface area contributed by atoms with Crippen LogP contribution in [0.15, 0.2) is 36.3 Å². The molecule has 0 saturated carbocycles. The van der Waals surface area contributed by atoms with E-state index in [2.05, 4.69) is 18.8 Å². The van der Waals surface area contributed by atoms with Crippen LogP contribution >= 0.6 is 0 Å². The first-order chi connectivity index (χ1) is 9.11. The van der Waals surface area contributed by atoms with Crippen LogP contribution in [-0.4, -0.2) is 36.4 Å². The summed E-state index contributed by atoms with van der Waals surface area (Å²) >= 11 is 0. The van der Waals surface area contributed by atoms with E-state index in [4.69, 9.17) is 9.47 Å². The number of rotatable bonds is 5. The highest BCUT2D eigenvalue weighted by molar-refractivity contribution is 5.94. The van der Waals surface area contributed by atoms with Gasteiger partial charge in [0.2, 0.25) is 0 Å². The topological polar surface area (TPSA) is 50.8 Å². The van der Waals surface area contributed by atoms with Crippen molar-refractivity contribution in [2.75, 3.05) is 13.2 Å². The number of hydrogen-bond acceptors (Lipinski definition) is 4. The van der Waals surface area contributed by atoms with Gasteiger partial charge in [-0.05, 0) is 19.4 Å². The molecule has 0 aromatic rings. The molecule has 2 atom stereocenters. The average Bonchev–Trinajstić information content (AvgIpc) is 2.83. The fourth-order valence-corrected chi connectivity index (χ4v) is 1.95. The van der Waals surface area contributed by atoms with Crippen molar-refractivity contribution in [2.24, 2.45) is 0 Å². The molecule has 0 aromatic carbocycles. The fourth-order valence-electron chi connectivity index (χ4n) is 1.95. The molecule has 104 valence electrons. The smallest absolute Gasteiger partial charge is 0.253 e. The molecule has 0 radical (unpaired) electrons. The lowest BCUT2D eigenvalue weighted by Gasteiger charge is -2.32. The Labute approximate surface area is 113 Å². The molecule has 0 bridgehead atoms. The van der Waals surface area contributed by atoms with Crippen molar-refractivity contribution in [2.45, 2.75) is 32.6 Å². The molecule has 19 heavy (non-hydrogen) atoms. The first-order valence-corrected chi connectivity index (χ1v) is 6.50. The largest absolute Gasteiger partial charge is 0.378 e. The number of ether oxygens (including phenoxy) is 2. The van der Waals surface area contributed by atoms with Crippen molar-refractivity contribution in [3.8, 4) is 0 Å². The maximum absolute atomic E-state index is 11.5. The van der Waals surface area contributed by atoms with Gasteiger partial charge in [0.25, 0.3) is 5.91 Å². The number of nitrogens with zero attached hydrogens (tertiary/aromatic N) is 1. The van der Waals surface area contributed by atoms with Crippen LogP contribution in [-0.2, 0) is 14.3 Å². The van der Waals surface area contributed by atoms with E-state index in [1.807, 2.05) is 17.1 Å². The van der Waals surface area contributed by atoms with Gasteiger partial charge in [0.1, 0.15) is 11.9 Å². The summed E-state index contributed by atoms with van der Waals surface area (Å²) in [5.74, 6) is 0.409. The van der Waals surface area contributed by atoms with E-state index in [-0.39, 0.29) is 18.2 Å². The molecule has 0 spiro atoms. The van der Waals surface area contributed by atoms with E-state index in [0.717, 1.165) is 13.0 Å². The van der Waals surface area contributed by atoms with Gasteiger partial charge in [-0.25, -0.2) is 0 Å². The van der Waals surface area contributed by atoms with E-state index in [9.17, 15) is 4.79 Å². The molecule has 1 N–H and O–H groups in total. The minimum Gasteiger partial charge on any atom is -0.378 e. The van der Waals surface area contributed by atoms with Gasteiger partial charge >= 0.3 is 0 Å². The van der Waals surface area contributed by atoms with Gasteiger partial charge < -0.3 is 19.7 Å². The van der Waals surface area contributed by atoms with Crippen LogP contribution in [0.25, 0.3) is 0 Å². The van der Waals surface area contributed by atoms with Crippen molar-refractivity contribution >= 4 is 5.91 Å². The zero-order valence-corrected chi connectivity index (χ0v) is 11.4. The first kappa shape index (κ1) is 13.8. The van der Waals surface area contributed by atoms with Crippen molar-refractivity contribution in [3.63, 3.8) is 0 Å². The van der Waals surface area contributed by atoms with Crippen LogP contribution in [0.2, 0.25) is 0 Å². The van der Waals surface area contributed by atoms with Gasteiger partial charge in [0, 0.05) is 18.4 Å². The number of carbonyl (C=O) groups excluding carboxylic acids is 1. The SMILES string of the molecule is C=C1NC(=O)C(C)=CN1[C@H]1C=C[C@@H](COCCC)O1. The van der Waals surface area contributed by atoms with Crippen molar-refractivity contribution < 1.29 is 14.3 Å². The van der Waals surface area contributed by atoms with Crippen LogP contribution in [0.4, 0.5) is 0 Å². The minimum absolute atomic E-state index is 0.0457. The van der Waals surface area contributed by atoms with Gasteiger partial charge in [0.05, 0.1) is 6.61 Å². The Morgan fingerprint density at radius 3 is 3.05 bits per heavy atom. The van der Waals surface area contributed by atoms with E-state index < -0.39 is 0 Å². The summed E-state index contributed by atoms with van der Waals surface area (Å²) in [6, 6.07) is 0. The molecular formula is C14H20N2O3. The standard InChI is InChI=1S/C14H20N2O3/c1-4-7-18-9-12-5-6-13(19-12)16-8-10(2)14(17)15-11(16)3/h5-6,8,12-13H,3-4,7,9H2,1-2H3,(H,15,17)/t12-,13+/m0/s1. The molecule has 0 aromatic heterocycles. The molecule has 1 amide bonds. The molecule has 2 aliphatic rings. The maximum atomic E-state index is 11.5. The molecular weight excluding hydrogens is 244 g/mol. The molecule has 0 aliphatic carbocycles. The summed E-state index contributed by atoms with van der Waals surface area (Å²) in [4.78, 5) is 13.3. The van der Waals surface area contributed by atoms with Crippen LogP contribution in [0.1, 0.15) is 20.3 Å². The van der Waals surface area contributed by atoms with Crippen LogP contribution in [0.5, 0.6) is 0 Å². The van der Waals surface area contributed by atoms with E-state index in [0.29, 0.717) is 18.0 Å². The lowest BCUT2D eigenvalue weighted by Crippen LogP contribution is -2.42. The normalized spacial score (nSPS) is 26.6. The third-order valence-corrected chi connectivity index (χ3v) is 2.97. The second-order valence-corrected chi connectivity index (χ2v) is 4.65. The highest BCUT2D eigenvalue weighted by atomic mass is 16.5. The Balaban J connectivity index is 1.92. The summed E-state index contributed by atoms with van der Waals surface area (Å²) in [5.41, 5.74) is 0.634. The van der Waals surface area contributed by atoms with Gasteiger partial charge in [-0.3, -0.25) is 4.79 Å². The Kier molecular flexibility index (Phi) is 4.39. The molecule has 0 fully saturated rings. The van der Waals surface area contributed by atoms with Crippen molar-refractivity contribution in [1.82, 2.24) is 10.2 Å². The summed E-state index contributed by atoms with van der Waals surface area (Å²) in [6.07, 6.45) is 6.40. The predicted molar refractivity (Wildman–Crippen MR) is 71.8 cm³/mol. The minimum atomic E-state index is -0.238. The van der Waals surface area contributed by atoms with Crippen LogP contribution in [0, 0.1) is 0 Å². The Morgan fingerprint density at radius 2 is 2.32 bits per heavy atom. The Morgan fingerprint density at radius 1 is 1.53 bits per heavy atom. The van der Waals surface area contributed by atoms with Crippen molar-refractivity contribution in [1.29, 1.82) is 0 Å². The zero-order valence-electron chi connectivity index (χ0n) is 11.4. The molecule has 2 heterocycles. The number of nitrogens with one attached hydrogen (secondary N) is 1. The highest BCUT2D eigenvalue weighted by Crippen LogP contribution is 2.22. The average molecular weight is 264 g/mol. The second kappa shape index (κ2) is 6.04. The van der Waals surface area contributed by atoms with Crippen LogP contribution < -0.4 is 5.32 Å². The number of carbonyl (C=O) groups is 1. The quantitative estimate of drug-likeness (QED) is 0.604. The van der Waals surface area contributed by atoms with Gasteiger partial charge in [-0.2, -0.15) is 0 Å². The van der Waals surface area contributed by atoms with Gasteiger partial charge in [-0.1, -0.05) is 19.6 Å². The van der Waals surface area contributed by atoms with Gasteiger partial charge in [0.15, 0.2) is 6.23 Å². The van der Waals surface area contributed by atoms with Crippen LogP contribution in [0.3, 0.4) is 0 Å². The summed E-state index contributed by atoms with van der Waals surface area (Å²) in [7, 11) is 0. The number of hydrogen-bond donors (Lipinski definition) is 1. The highest BCUT2D eigenvalue weighted by Gasteiger charge is 2.28.